The molecule has 1 heterocycles. The smallest absolute Gasteiger partial charge is 0.225 e. The number of benzene rings is 2. The van der Waals surface area contributed by atoms with Gasteiger partial charge in [-0.3, -0.25) is 4.79 Å². The third kappa shape index (κ3) is 3.88. The van der Waals surface area contributed by atoms with Crippen LogP contribution < -0.4 is 11.1 Å². The zero-order valence-electron chi connectivity index (χ0n) is 16.4. The molecule has 3 atom stereocenters. The van der Waals surface area contributed by atoms with E-state index in [-0.39, 0.29) is 30.0 Å². The van der Waals surface area contributed by atoms with Crippen LogP contribution in [0.1, 0.15) is 57.2 Å². The van der Waals surface area contributed by atoms with Crippen molar-refractivity contribution < 1.29 is 4.79 Å². The standard InChI is InChI=1S/C22H28N4O/c1-14(2)26-19-13-9-8-12-18(19)25-21(26)16(4)24-22(27)15(3)20(23)17-10-6-5-7-11-17/h5-16,20H,23H2,1-4H3,(H,24,27). The number of nitrogens with two attached hydrogens (primary N) is 1. The van der Waals surface area contributed by atoms with E-state index in [0.717, 1.165) is 22.4 Å². The fraction of sp³-hybridized carbons (Fsp3) is 0.364. The molecule has 2 aromatic carbocycles. The first-order valence-electron chi connectivity index (χ1n) is 9.48. The first kappa shape index (κ1) is 19.1. The fourth-order valence-corrected chi connectivity index (χ4v) is 3.45. The summed E-state index contributed by atoms with van der Waals surface area (Å²) in [5, 5.41) is 3.10. The van der Waals surface area contributed by atoms with Gasteiger partial charge in [-0.1, -0.05) is 49.4 Å². The lowest BCUT2D eigenvalue weighted by Crippen LogP contribution is -2.37. The Morgan fingerprint density at radius 3 is 2.30 bits per heavy atom. The van der Waals surface area contributed by atoms with E-state index in [1.807, 2.05) is 62.4 Å². The van der Waals surface area contributed by atoms with Crippen molar-refractivity contribution in [3.05, 3.63) is 66.0 Å². The SMILES string of the molecule is CC(NC(=O)C(C)C(N)c1ccccc1)c1nc2ccccc2n1C(C)C. The maximum atomic E-state index is 12.8. The van der Waals surface area contributed by atoms with E-state index >= 15 is 0 Å². The number of hydrogen-bond donors (Lipinski definition) is 2. The molecule has 3 aromatic rings. The first-order chi connectivity index (χ1) is 12.9. The Balaban J connectivity index is 1.81. The van der Waals surface area contributed by atoms with Crippen LogP contribution in [0.25, 0.3) is 11.0 Å². The summed E-state index contributed by atoms with van der Waals surface area (Å²) in [4.78, 5) is 17.6. The molecule has 0 spiro atoms. The van der Waals surface area contributed by atoms with Gasteiger partial charge in [-0.2, -0.15) is 0 Å². The molecule has 0 aliphatic heterocycles. The lowest BCUT2D eigenvalue weighted by molar-refractivity contribution is -0.125. The molecule has 0 radical (unpaired) electrons. The number of amides is 1. The Hall–Kier alpha value is -2.66. The summed E-state index contributed by atoms with van der Waals surface area (Å²) in [6.07, 6.45) is 0. The van der Waals surface area contributed by atoms with Gasteiger partial charge in [0.1, 0.15) is 5.82 Å². The second-order valence-electron chi connectivity index (χ2n) is 7.38. The molecule has 5 heteroatoms. The van der Waals surface area contributed by atoms with Crippen molar-refractivity contribution in [2.24, 2.45) is 11.7 Å². The number of hydrogen-bond acceptors (Lipinski definition) is 3. The summed E-state index contributed by atoms with van der Waals surface area (Å²) >= 11 is 0. The van der Waals surface area contributed by atoms with E-state index in [0.29, 0.717) is 0 Å². The average molecular weight is 364 g/mol. The number of para-hydroxylation sites is 2. The highest BCUT2D eigenvalue weighted by Gasteiger charge is 2.26. The molecule has 0 aliphatic rings. The topological polar surface area (TPSA) is 72.9 Å². The fourth-order valence-electron chi connectivity index (χ4n) is 3.45. The molecule has 0 bridgehead atoms. The Morgan fingerprint density at radius 1 is 1.00 bits per heavy atom. The van der Waals surface area contributed by atoms with E-state index in [1.54, 1.807) is 0 Å². The quantitative estimate of drug-likeness (QED) is 0.691. The van der Waals surface area contributed by atoms with Gasteiger partial charge in [-0.15, -0.1) is 0 Å². The highest BCUT2D eigenvalue weighted by Crippen LogP contribution is 2.26. The largest absolute Gasteiger partial charge is 0.346 e. The molecule has 0 saturated heterocycles. The van der Waals surface area contributed by atoms with Gasteiger partial charge in [0.15, 0.2) is 0 Å². The molecular formula is C22H28N4O. The summed E-state index contributed by atoms with van der Waals surface area (Å²) in [7, 11) is 0. The predicted octanol–water partition coefficient (Wildman–Crippen LogP) is 4.13. The van der Waals surface area contributed by atoms with Gasteiger partial charge in [-0.25, -0.2) is 4.98 Å². The molecule has 3 rings (SSSR count). The zero-order chi connectivity index (χ0) is 19.6. The number of carbonyl (C=O) groups is 1. The molecule has 1 aromatic heterocycles. The highest BCUT2D eigenvalue weighted by molar-refractivity contribution is 5.80. The average Bonchev–Trinajstić information content (AvgIpc) is 3.07. The van der Waals surface area contributed by atoms with Crippen molar-refractivity contribution in [3.8, 4) is 0 Å². The zero-order valence-corrected chi connectivity index (χ0v) is 16.4. The lowest BCUT2D eigenvalue weighted by Gasteiger charge is -2.23. The summed E-state index contributed by atoms with van der Waals surface area (Å²) in [6, 6.07) is 17.5. The van der Waals surface area contributed by atoms with E-state index in [9.17, 15) is 4.79 Å². The number of nitrogens with one attached hydrogen (secondary N) is 1. The summed E-state index contributed by atoms with van der Waals surface area (Å²) in [5.74, 6) is 0.452. The van der Waals surface area contributed by atoms with Gasteiger partial charge in [0.25, 0.3) is 0 Å². The molecule has 5 nitrogen and oxygen atoms in total. The van der Waals surface area contributed by atoms with Crippen molar-refractivity contribution in [2.75, 3.05) is 0 Å². The Bertz CT molecular complexity index is 916. The van der Waals surface area contributed by atoms with Crippen LogP contribution in [0.2, 0.25) is 0 Å². The third-order valence-electron chi connectivity index (χ3n) is 5.02. The van der Waals surface area contributed by atoms with Gasteiger partial charge in [0, 0.05) is 12.1 Å². The minimum atomic E-state index is -0.345. The van der Waals surface area contributed by atoms with Crippen LogP contribution in [0.4, 0.5) is 0 Å². The number of rotatable bonds is 6. The minimum absolute atomic E-state index is 0.0683. The summed E-state index contributed by atoms with van der Waals surface area (Å²) in [5.41, 5.74) is 9.29. The number of nitrogens with zero attached hydrogens (tertiary/aromatic N) is 2. The van der Waals surface area contributed by atoms with Gasteiger partial charge >= 0.3 is 0 Å². The lowest BCUT2D eigenvalue weighted by atomic mass is 9.94. The Labute approximate surface area is 160 Å². The third-order valence-corrected chi connectivity index (χ3v) is 5.02. The Morgan fingerprint density at radius 2 is 1.63 bits per heavy atom. The molecule has 1 amide bonds. The van der Waals surface area contributed by atoms with Crippen LogP contribution in [0, 0.1) is 5.92 Å². The molecule has 0 fully saturated rings. The first-order valence-corrected chi connectivity index (χ1v) is 9.48. The van der Waals surface area contributed by atoms with Crippen LogP contribution in [0.3, 0.4) is 0 Å². The van der Waals surface area contributed by atoms with Gasteiger partial charge in [-0.05, 0) is 38.5 Å². The second-order valence-corrected chi connectivity index (χ2v) is 7.38. The number of carbonyl (C=O) groups excluding carboxylic acids is 1. The predicted molar refractivity (Wildman–Crippen MR) is 109 cm³/mol. The van der Waals surface area contributed by atoms with Gasteiger partial charge < -0.3 is 15.6 Å². The molecular weight excluding hydrogens is 336 g/mol. The van der Waals surface area contributed by atoms with Gasteiger partial charge in [0.05, 0.1) is 23.0 Å². The molecule has 142 valence electrons. The Kier molecular flexibility index (Phi) is 5.61. The maximum Gasteiger partial charge on any atom is 0.225 e. The minimum Gasteiger partial charge on any atom is -0.346 e. The van der Waals surface area contributed by atoms with Crippen LogP contribution in [-0.4, -0.2) is 15.5 Å². The summed E-state index contributed by atoms with van der Waals surface area (Å²) < 4.78 is 2.18. The van der Waals surface area contributed by atoms with Crippen molar-refractivity contribution in [1.29, 1.82) is 0 Å². The van der Waals surface area contributed by atoms with Crippen molar-refractivity contribution in [2.45, 2.75) is 45.8 Å². The van der Waals surface area contributed by atoms with E-state index in [1.165, 1.54) is 0 Å². The van der Waals surface area contributed by atoms with Crippen molar-refractivity contribution >= 4 is 16.9 Å². The molecule has 3 N–H and O–H groups in total. The van der Waals surface area contributed by atoms with Crippen molar-refractivity contribution in [3.63, 3.8) is 0 Å². The van der Waals surface area contributed by atoms with E-state index in [4.69, 9.17) is 10.7 Å². The molecule has 27 heavy (non-hydrogen) atoms. The van der Waals surface area contributed by atoms with E-state index < -0.39 is 0 Å². The number of aromatic nitrogens is 2. The second kappa shape index (κ2) is 7.92. The molecule has 0 aliphatic carbocycles. The number of fused-ring (bicyclic) bond motifs is 1. The molecule has 0 saturated carbocycles. The van der Waals surface area contributed by atoms with Crippen molar-refractivity contribution in [1.82, 2.24) is 14.9 Å². The van der Waals surface area contributed by atoms with Gasteiger partial charge in [0.2, 0.25) is 5.91 Å². The van der Waals surface area contributed by atoms with Crippen LogP contribution in [-0.2, 0) is 4.79 Å². The molecule has 3 unspecified atom stereocenters. The van der Waals surface area contributed by atoms with Crippen LogP contribution >= 0.6 is 0 Å². The number of imidazole rings is 1. The highest BCUT2D eigenvalue weighted by atomic mass is 16.2. The monoisotopic (exact) mass is 364 g/mol. The normalized spacial score (nSPS) is 14.9. The van der Waals surface area contributed by atoms with E-state index in [2.05, 4.69) is 29.8 Å². The van der Waals surface area contributed by atoms with Crippen LogP contribution in [0.15, 0.2) is 54.6 Å². The summed E-state index contributed by atoms with van der Waals surface area (Å²) in [6.45, 7) is 8.09. The van der Waals surface area contributed by atoms with Crippen LogP contribution in [0.5, 0.6) is 0 Å². The maximum absolute atomic E-state index is 12.8.